The highest BCUT2D eigenvalue weighted by Crippen LogP contribution is 2.25. The Balaban J connectivity index is 1.63. The molecule has 1 aliphatic heterocycles. The first-order valence-electron chi connectivity index (χ1n) is 9.84. The molecule has 3 rings (SSSR count). The number of halogens is 1. The van der Waals surface area contributed by atoms with Crippen LogP contribution in [-0.4, -0.2) is 43.3 Å². The number of nitrogens with one attached hydrogen (secondary N) is 2. The lowest BCUT2D eigenvalue weighted by atomic mass is 10.1. The second kappa shape index (κ2) is 10.2. The molecule has 2 aromatic rings. The highest BCUT2D eigenvalue weighted by atomic mass is 19.1. The Hall–Kier alpha value is -3.93. The van der Waals surface area contributed by atoms with E-state index in [1.54, 1.807) is 25.1 Å². The van der Waals surface area contributed by atoms with E-state index in [1.807, 2.05) is 24.3 Å². The molecule has 160 valence electrons. The predicted molar refractivity (Wildman–Crippen MR) is 114 cm³/mol. The van der Waals surface area contributed by atoms with Crippen LogP contribution in [0.25, 0.3) is 0 Å². The Morgan fingerprint density at radius 1 is 1.23 bits per heavy atom. The SMILES string of the molecule is CCOC(=O)C1=NN(c2ccccc2)[C@H](C(=O)NCCNc2cccc(F)c2C#N)C1. The van der Waals surface area contributed by atoms with Crippen molar-refractivity contribution >= 4 is 29.0 Å². The van der Waals surface area contributed by atoms with Crippen LogP contribution < -0.4 is 15.6 Å². The minimum absolute atomic E-state index is 0.0765. The highest BCUT2D eigenvalue weighted by Gasteiger charge is 2.36. The van der Waals surface area contributed by atoms with E-state index < -0.39 is 17.8 Å². The largest absolute Gasteiger partial charge is 0.461 e. The number of carbonyl (C=O) groups excluding carboxylic acids is 2. The lowest BCUT2D eigenvalue weighted by Crippen LogP contribution is -2.44. The summed E-state index contributed by atoms with van der Waals surface area (Å²) < 4.78 is 18.7. The zero-order valence-corrected chi connectivity index (χ0v) is 17.0. The van der Waals surface area contributed by atoms with E-state index in [0.717, 1.165) is 0 Å². The predicted octanol–water partition coefficient (Wildman–Crippen LogP) is 2.42. The molecule has 9 heteroatoms. The van der Waals surface area contributed by atoms with Crippen molar-refractivity contribution in [1.29, 1.82) is 5.26 Å². The van der Waals surface area contributed by atoms with Crippen molar-refractivity contribution in [2.75, 3.05) is 30.0 Å². The van der Waals surface area contributed by atoms with Crippen molar-refractivity contribution < 1.29 is 18.7 Å². The van der Waals surface area contributed by atoms with Gasteiger partial charge in [-0.2, -0.15) is 10.4 Å². The fourth-order valence-electron chi connectivity index (χ4n) is 3.16. The number of rotatable bonds is 8. The molecule has 2 N–H and O–H groups in total. The zero-order valence-electron chi connectivity index (χ0n) is 17.0. The number of anilines is 2. The molecule has 0 saturated heterocycles. The van der Waals surface area contributed by atoms with E-state index in [-0.39, 0.29) is 43.3 Å². The standard InChI is InChI=1S/C22H22FN5O3/c1-2-31-22(30)19-13-20(28(27-19)15-7-4-3-5-8-15)21(29)26-12-11-25-18-10-6-9-17(23)16(18)14-24/h3-10,20,25H,2,11-13H2,1H3,(H,26,29)/t20-/m0/s1. The summed E-state index contributed by atoms with van der Waals surface area (Å²) in [5, 5.41) is 20.6. The fourth-order valence-corrected chi connectivity index (χ4v) is 3.16. The smallest absolute Gasteiger partial charge is 0.354 e. The van der Waals surface area contributed by atoms with Crippen LogP contribution in [0.15, 0.2) is 53.6 Å². The first-order chi connectivity index (χ1) is 15.0. The number of carbonyl (C=O) groups is 2. The van der Waals surface area contributed by atoms with Crippen molar-refractivity contribution in [3.8, 4) is 6.07 Å². The lowest BCUT2D eigenvalue weighted by molar-refractivity contribution is -0.135. The normalized spacial score (nSPS) is 15.1. The van der Waals surface area contributed by atoms with Crippen molar-refractivity contribution in [3.05, 3.63) is 59.9 Å². The third-order valence-corrected chi connectivity index (χ3v) is 4.61. The Bertz CT molecular complexity index is 1020. The van der Waals surface area contributed by atoms with Crippen molar-refractivity contribution in [1.82, 2.24) is 5.32 Å². The van der Waals surface area contributed by atoms with Crippen LogP contribution in [-0.2, 0) is 14.3 Å². The summed E-state index contributed by atoms with van der Waals surface area (Å²) in [6.45, 7) is 2.44. The van der Waals surface area contributed by atoms with E-state index in [4.69, 9.17) is 10.00 Å². The molecular weight excluding hydrogens is 401 g/mol. The molecule has 8 nitrogen and oxygen atoms in total. The molecular formula is C22H22FN5O3. The van der Waals surface area contributed by atoms with Crippen LogP contribution in [0.3, 0.4) is 0 Å². The monoisotopic (exact) mass is 423 g/mol. The van der Waals surface area contributed by atoms with Gasteiger partial charge in [0.25, 0.3) is 0 Å². The molecule has 0 aromatic heterocycles. The van der Waals surface area contributed by atoms with Gasteiger partial charge in [-0.1, -0.05) is 24.3 Å². The molecule has 0 aliphatic carbocycles. The number of hydrazone groups is 1. The van der Waals surface area contributed by atoms with Gasteiger partial charge in [0.2, 0.25) is 5.91 Å². The number of hydrogen-bond acceptors (Lipinski definition) is 7. The molecule has 1 atom stereocenters. The van der Waals surface area contributed by atoms with Gasteiger partial charge in [0.05, 0.1) is 18.0 Å². The summed E-state index contributed by atoms with van der Waals surface area (Å²) in [6, 6.07) is 14.5. The Labute approximate surface area is 179 Å². The van der Waals surface area contributed by atoms with Crippen LogP contribution in [0.1, 0.15) is 18.9 Å². The molecule has 0 bridgehead atoms. The van der Waals surface area contributed by atoms with E-state index in [9.17, 15) is 14.0 Å². The lowest BCUT2D eigenvalue weighted by Gasteiger charge is -2.22. The number of nitriles is 1. The average molecular weight is 423 g/mol. The quantitative estimate of drug-likeness (QED) is 0.499. The van der Waals surface area contributed by atoms with Crippen LogP contribution in [0.5, 0.6) is 0 Å². The summed E-state index contributed by atoms with van der Waals surface area (Å²) in [5.74, 6) is -1.46. The van der Waals surface area contributed by atoms with Crippen LogP contribution >= 0.6 is 0 Å². The van der Waals surface area contributed by atoms with Crippen molar-refractivity contribution in [3.63, 3.8) is 0 Å². The van der Waals surface area contributed by atoms with Gasteiger partial charge in [0.1, 0.15) is 29.2 Å². The number of hydrogen-bond donors (Lipinski definition) is 2. The van der Waals surface area contributed by atoms with E-state index in [2.05, 4.69) is 15.7 Å². The van der Waals surface area contributed by atoms with Gasteiger partial charge in [0.15, 0.2) is 0 Å². The maximum Gasteiger partial charge on any atom is 0.354 e. The number of ether oxygens (including phenoxy) is 1. The van der Waals surface area contributed by atoms with E-state index in [0.29, 0.717) is 11.4 Å². The third kappa shape index (κ3) is 5.17. The first kappa shape index (κ1) is 21.8. The second-order valence-corrected chi connectivity index (χ2v) is 6.66. The van der Waals surface area contributed by atoms with Crippen LogP contribution in [0, 0.1) is 17.1 Å². The van der Waals surface area contributed by atoms with Crippen molar-refractivity contribution in [2.45, 2.75) is 19.4 Å². The Kier molecular flexibility index (Phi) is 7.17. The molecule has 0 saturated carbocycles. The van der Waals surface area contributed by atoms with Gasteiger partial charge in [-0.25, -0.2) is 9.18 Å². The number of para-hydroxylation sites is 1. The van der Waals surface area contributed by atoms with E-state index in [1.165, 1.54) is 17.1 Å². The van der Waals surface area contributed by atoms with Gasteiger partial charge >= 0.3 is 5.97 Å². The molecule has 0 spiro atoms. The van der Waals surface area contributed by atoms with Gasteiger partial charge < -0.3 is 15.4 Å². The number of amides is 1. The molecule has 0 fully saturated rings. The fraction of sp³-hybridized carbons (Fsp3) is 0.273. The summed E-state index contributed by atoms with van der Waals surface area (Å²) in [6.07, 6.45) is 0.121. The molecule has 0 unspecified atom stereocenters. The molecule has 1 amide bonds. The molecule has 31 heavy (non-hydrogen) atoms. The summed E-state index contributed by atoms with van der Waals surface area (Å²) in [5.41, 5.74) is 1.14. The number of benzene rings is 2. The van der Waals surface area contributed by atoms with Gasteiger partial charge in [-0.3, -0.25) is 9.80 Å². The van der Waals surface area contributed by atoms with Gasteiger partial charge in [0, 0.05) is 19.5 Å². The number of esters is 1. The van der Waals surface area contributed by atoms with Gasteiger partial charge in [-0.05, 0) is 31.2 Å². The Morgan fingerprint density at radius 3 is 2.71 bits per heavy atom. The summed E-state index contributed by atoms with van der Waals surface area (Å²) in [7, 11) is 0. The molecule has 1 heterocycles. The van der Waals surface area contributed by atoms with E-state index >= 15 is 0 Å². The minimum Gasteiger partial charge on any atom is -0.461 e. The second-order valence-electron chi connectivity index (χ2n) is 6.66. The molecule has 0 radical (unpaired) electrons. The maximum absolute atomic E-state index is 13.7. The summed E-state index contributed by atoms with van der Waals surface area (Å²) >= 11 is 0. The highest BCUT2D eigenvalue weighted by molar-refractivity contribution is 6.38. The molecule has 1 aliphatic rings. The van der Waals surface area contributed by atoms with Crippen LogP contribution in [0.2, 0.25) is 0 Å². The topological polar surface area (TPSA) is 107 Å². The van der Waals surface area contributed by atoms with Crippen LogP contribution in [0.4, 0.5) is 15.8 Å². The first-order valence-corrected chi connectivity index (χ1v) is 9.84. The molecule has 2 aromatic carbocycles. The number of nitrogens with zero attached hydrogens (tertiary/aromatic N) is 3. The average Bonchev–Trinajstić information content (AvgIpc) is 3.23. The van der Waals surface area contributed by atoms with Crippen molar-refractivity contribution in [2.24, 2.45) is 5.10 Å². The Morgan fingerprint density at radius 2 is 2.00 bits per heavy atom. The minimum atomic E-state index is -0.703. The maximum atomic E-state index is 13.7. The zero-order chi connectivity index (χ0) is 22.2. The summed E-state index contributed by atoms with van der Waals surface area (Å²) in [4.78, 5) is 24.9. The van der Waals surface area contributed by atoms with Gasteiger partial charge in [-0.15, -0.1) is 0 Å². The third-order valence-electron chi connectivity index (χ3n) is 4.61.